The van der Waals surface area contributed by atoms with Crippen LogP contribution >= 0.6 is 39.0 Å². The van der Waals surface area contributed by atoms with Crippen LogP contribution in [0.25, 0.3) is 0 Å². The van der Waals surface area contributed by atoms with Crippen LogP contribution < -0.4 is 5.32 Å². The maximum Gasteiger partial charge on any atom is 0.261 e. The third kappa shape index (κ3) is 3.48. The van der Waals surface area contributed by atoms with Crippen molar-refractivity contribution in [2.75, 3.05) is 5.75 Å². The first-order valence-electron chi connectivity index (χ1n) is 5.88. The smallest absolute Gasteiger partial charge is 0.261 e. The molecule has 17 heavy (non-hydrogen) atoms. The number of thioether (sulfide) groups is 1. The van der Waals surface area contributed by atoms with Gasteiger partial charge in [0.05, 0.1) is 8.66 Å². The van der Waals surface area contributed by atoms with E-state index in [1.807, 2.05) is 23.9 Å². The Kier molecular flexibility index (Phi) is 4.94. The van der Waals surface area contributed by atoms with Crippen molar-refractivity contribution < 1.29 is 4.79 Å². The Labute approximate surface area is 119 Å². The number of amides is 1. The van der Waals surface area contributed by atoms with Crippen LogP contribution in [0.4, 0.5) is 0 Å². The molecule has 1 aromatic rings. The lowest BCUT2D eigenvalue weighted by Gasteiger charge is -2.19. The maximum atomic E-state index is 12.0. The average molecular weight is 334 g/mol. The summed E-state index contributed by atoms with van der Waals surface area (Å²) in [5.74, 6) is 1.20. The minimum atomic E-state index is 0.0781. The van der Waals surface area contributed by atoms with Crippen LogP contribution in [0.1, 0.15) is 35.9 Å². The predicted molar refractivity (Wildman–Crippen MR) is 79.0 cm³/mol. The molecule has 94 valence electrons. The Morgan fingerprint density at radius 3 is 3.06 bits per heavy atom. The minimum Gasteiger partial charge on any atom is -0.347 e. The number of thiophene rings is 1. The number of carbonyl (C=O) groups is 1. The highest BCUT2D eigenvalue weighted by Crippen LogP contribution is 2.30. The molecule has 5 heteroatoms. The molecular formula is C12H16BrNOS2. The van der Waals surface area contributed by atoms with Gasteiger partial charge in [-0.05, 0) is 46.7 Å². The fraction of sp³-hybridized carbons (Fsp3) is 0.583. The van der Waals surface area contributed by atoms with Crippen molar-refractivity contribution >= 4 is 44.9 Å². The van der Waals surface area contributed by atoms with Gasteiger partial charge in [-0.15, -0.1) is 11.3 Å². The standard InChI is InChI=1S/C12H16BrNOS2/c1-2-16-9-5-3-4-8(9)14-12(15)10-6-7-11(13)17-10/h6-9H,2-5H2,1H3,(H,14,15). The van der Waals surface area contributed by atoms with Crippen molar-refractivity contribution in [1.29, 1.82) is 0 Å². The van der Waals surface area contributed by atoms with Crippen molar-refractivity contribution in [1.82, 2.24) is 5.32 Å². The quantitative estimate of drug-likeness (QED) is 0.904. The second kappa shape index (κ2) is 6.25. The second-order valence-corrected chi connectivity index (χ2v) is 8.09. The van der Waals surface area contributed by atoms with Crippen LogP contribution in [0.15, 0.2) is 15.9 Å². The number of hydrogen-bond donors (Lipinski definition) is 1. The van der Waals surface area contributed by atoms with E-state index in [1.54, 1.807) is 0 Å². The number of carbonyl (C=O) groups excluding carboxylic acids is 1. The largest absolute Gasteiger partial charge is 0.347 e. The number of rotatable bonds is 4. The monoisotopic (exact) mass is 333 g/mol. The van der Waals surface area contributed by atoms with E-state index < -0.39 is 0 Å². The van der Waals surface area contributed by atoms with Gasteiger partial charge < -0.3 is 5.32 Å². The lowest BCUT2D eigenvalue weighted by atomic mass is 10.2. The Morgan fingerprint density at radius 2 is 2.41 bits per heavy atom. The topological polar surface area (TPSA) is 29.1 Å². The van der Waals surface area contributed by atoms with E-state index in [-0.39, 0.29) is 5.91 Å². The molecule has 2 atom stereocenters. The molecule has 1 fully saturated rings. The van der Waals surface area contributed by atoms with Gasteiger partial charge >= 0.3 is 0 Å². The molecule has 0 aliphatic heterocycles. The summed E-state index contributed by atoms with van der Waals surface area (Å²) in [4.78, 5) is 12.8. The lowest BCUT2D eigenvalue weighted by molar-refractivity contribution is 0.0943. The summed E-state index contributed by atoms with van der Waals surface area (Å²) in [6.45, 7) is 2.18. The van der Waals surface area contributed by atoms with Crippen LogP contribution in [-0.2, 0) is 0 Å². The van der Waals surface area contributed by atoms with Crippen molar-refractivity contribution in [3.8, 4) is 0 Å². The maximum absolute atomic E-state index is 12.0. The molecule has 0 radical (unpaired) electrons. The van der Waals surface area contributed by atoms with E-state index in [0.29, 0.717) is 11.3 Å². The molecule has 1 aliphatic rings. The zero-order valence-corrected chi connectivity index (χ0v) is 13.0. The number of halogens is 1. The molecule has 2 unspecified atom stereocenters. The van der Waals surface area contributed by atoms with E-state index >= 15 is 0 Å². The normalized spacial score (nSPS) is 23.9. The first kappa shape index (κ1) is 13.4. The Morgan fingerprint density at radius 1 is 1.59 bits per heavy atom. The average Bonchev–Trinajstić information content (AvgIpc) is 2.89. The third-order valence-corrected chi connectivity index (χ3v) is 5.89. The fourth-order valence-corrected chi connectivity index (χ4v) is 4.67. The van der Waals surface area contributed by atoms with E-state index in [1.165, 1.54) is 24.2 Å². The van der Waals surface area contributed by atoms with Crippen LogP contribution in [0, 0.1) is 0 Å². The molecule has 1 N–H and O–H groups in total. The Hall–Kier alpha value is -0.0000000000000000833. The van der Waals surface area contributed by atoms with Gasteiger partial charge in [-0.3, -0.25) is 4.79 Å². The SMILES string of the molecule is CCSC1CCCC1NC(=O)c1ccc(Br)s1. The minimum absolute atomic E-state index is 0.0781. The van der Waals surface area contributed by atoms with E-state index in [4.69, 9.17) is 0 Å². The Bertz CT molecular complexity index is 394. The van der Waals surface area contributed by atoms with Gasteiger partial charge in [0.2, 0.25) is 0 Å². The summed E-state index contributed by atoms with van der Waals surface area (Å²) in [7, 11) is 0. The fourth-order valence-electron chi connectivity index (χ4n) is 2.18. The van der Waals surface area contributed by atoms with Crippen molar-refractivity contribution in [3.63, 3.8) is 0 Å². The summed E-state index contributed by atoms with van der Waals surface area (Å²) in [6.07, 6.45) is 3.59. The van der Waals surface area contributed by atoms with E-state index in [2.05, 4.69) is 28.2 Å². The third-order valence-electron chi connectivity index (χ3n) is 2.95. The molecule has 1 aromatic heterocycles. The molecule has 1 heterocycles. The van der Waals surface area contributed by atoms with E-state index in [0.717, 1.165) is 20.8 Å². The molecule has 0 aromatic carbocycles. The highest BCUT2D eigenvalue weighted by Gasteiger charge is 2.28. The van der Waals surface area contributed by atoms with Gasteiger partial charge in [0.25, 0.3) is 5.91 Å². The van der Waals surface area contributed by atoms with Crippen molar-refractivity contribution in [3.05, 3.63) is 20.8 Å². The highest BCUT2D eigenvalue weighted by atomic mass is 79.9. The molecule has 1 saturated carbocycles. The summed E-state index contributed by atoms with van der Waals surface area (Å²) in [5.41, 5.74) is 0. The molecule has 1 aliphatic carbocycles. The van der Waals surface area contributed by atoms with Gasteiger partial charge in [-0.2, -0.15) is 11.8 Å². The zero-order valence-electron chi connectivity index (χ0n) is 9.74. The number of hydrogen-bond acceptors (Lipinski definition) is 3. The van der Waals surface area contributed by atoms with Gasteiger partial charge in [0.15, 0.2) is 0 Å². The summed E-state index contributed by atoms with van der Waals surface area (Å²) in [5, 5.41) is 3.78. The highest BCUT2D eigenvalue weighted by molar-refractivity contribution is 9.11. The Balaban J connectivity index is 1.94. The molecular weight excluding hydrogens is 318 g/mol. The summed E-state index contributed by atoms with van der Waals surface area (Å²) < 4.78 is 1.01. The van der Waals surface area contributed by atoms with Crippen LogP contribution in [-0.4, -0.2) is 23.0 Å². The molecule has 0 bridgehead atoms. The lowest BCUT2D eigenvalue weighted by Crippen LogP contribution is -2.38. The molecule has 0 spiro atoms. The predicted octanol–water partition coefficient (Wildman–Crippen LogP) is 3.91. The van der Waals surface area contributed by atoms with Crippen LogP contribution in [0.2, 0.25) is 0 Å². The van der Waals surface area contributed by atoms with Crippen molar-refractivity contribution in [2.45, 2.75) is 37.5 Å². The van der Waals surface area contributed by atoms with E-state index in [9.17, 15) is 4.79 Å². The van der Waals surface area contributed by atoms with Gasteiger partial charge in [0.1, 0.15) is 0 Å². The van der Waals surface area contributed by atoms with Crippen LogP contribution in [0.3, 0.4) is 0 Å². The molecule has 1 amide bonds. The molecule has 2 nitrogen and oxygen atoms in total. The molecule has 0 saturated heterocycles. The van der Waals surface area contributed by atoms with Crippen LogP contribution in [0.5, 0.6) is 0 Å². The van der Waals surface area contributed by atoms with Gasteiger partial charge in [-0.25, -0.2) is 0 Å². The van der Waals surface area contributed by atoms with Gasteiger partial charge in [-0.1, -0.05) is 13.3 Å². The second-order valence-electron chi connectivity index (χ2n) is 4.11. The van der Waals surface area contributed by atoms with Crippen molar-refractivity contribution in [2.24, 2.45) is 0 Å². The zero-order chi connectivity index (χ0) is 12.3. The number of nitrogens with one attached hydrogen (secondary N) is 1. The van der Waals surface area contributed by atoms with Gasteiger partial charge in [0, 0.05) is 11.3 Å². The molecule has 2 rings (SSSR count). The summed E-state index contributed by atoms with van der Waals surface area (Å²) in [6, 6.07) is 4.15. The first-order valence-corrected chi connectivity index (χ1v) is 8.54. The summed E-state index contributed by atoms with van der Waals surface area (Å²) >= 11 is 6.84. The first-order chi connectivity index (χ1) is 8.20.